The fourth-order valence-corrected chi connectivity index (χ4v) is 2.74. The van der Waals surface area contributed by atoms with E-state index in [1.54, 1.807) is 0 Å². The molecule has 0 bridgehead atoms. The first kappa shape index (κ1) is 10.4. The van der Waals surface area contributed by atoms with Gasteiger partial charge in [0.05, 0.1) is 6.61 Å². The molecule has 0 radical (unpaired) electrons. The van der Waals surface area contributed by atoms with Gasteiger partial charge in [-0.1, -0.05) is 0 Å². The summed E-state index contributed by atoms with van der Waals surface area (Å²) < 4.78 is 5.05. The number of hydrogen-bond acceptors (Lipinski definition) is 4. The maximum Gasteiger partial charge on any atom is 0.328 e. The second-order valence-corrected chi connectivity index (χ2v) is 4.66. The number of nitrogen functional groups attached to an aromatic ring is 1. The number of anilines is 2. The largest absolute Gasteiger partial charge is 0.464 e. The summed E-state index contributed by atoms with van der Waals surface area (Å²) in [6.45, 7) is 1.47. The molecule has 1 aromatic rings. The van der Waals surface area contributed by atoms with E-state index < -0.39 is 0 Å². The van der Waals surface area contributed by atoms with Gasteiger partial charge in [-0.25, -0.2) is 4.79 Å². The molecule has 3 rings (SSSR count). The van der Waals surface area contributed by atoms with Gasteiger partial charge in [0.2, 0.25) is 0 Å². The summed E-state index contributed by atoms with van der Waals surface area (Å²) >= 11 is 0. The Morgan fingerprint density at radius 2 is 2.29 bits per heavy atom. The Labute approximate surface area is 100 Å². The number of ether oxygens (including phenoxy) is 1. The molecule has 0 aliphatic carbocycles. The first-order valence-electron chi connectivity index (χ1n) is 6.07. The zero-order chi connectivity index (χ0) is 11.8. The second-order valence-electron chi connectivity index (χ2n) is 4.66. The quantitative estimate of drug-likeness (QED) is 0.586. The fraction of sp³-hybridized carbons (Fsp3) is 0.462. The molecule has 1 atom stereocenters. The average Bonchev–Trinajstić information content (AvgIpc) is 2.74. The van der Waals surface area contributed by atoms with E-state index in [1.807, 2.05) is 18.2 Å². The highest BCUT2D eigenvalue weighted by atomic mass is 16.5. The van der Waals surface area contributed by atoms with Crippen molar-refractivity contribution in [3.05, 3.63) is 23.8 Å². The molecule has 1 aromatic carbocycles. The molecule has 1 saturated heterocycles. The Morgan fingerprint density at radius 1 is 1.41 bits per heavy atom. The van der Waals surface area contributed by atoms with Crippen molar-refractivity contribution in [3.8, 4) is 0 Å². The van der Waals surface area contributed by atoms with Crippen molar-refractivity contribution < 1.29 is 9.53 Å². The minimum atomic E-state index is -0.0994. The molecular weight excluding hydrogens is 216 g/mol. The van der Waals surface area contributed by atoms with Crippen LogP contribution in [0.2, 0.25) is 0 Å². The molecule has 2 aliphatic heterocycles. The van der Waals surface area contributed by atoms with Crippen LogP contribution in [0.3, 0.4) is 0 Å². The van der Waals surface area contributed by atoms with Gasteiger partial charge in [-0.05, 0) is 36.6 Å². The molecule has 1 fully saturated rings. The predicted octanol–water partition coefficient (Wildman–Crippen LogP) is 1.34. The van der Waals surface area contributed by atoms with Crippen molar-refractivity contribution in [1.29, 1.82) is 0 Å². The molecule has 17 heavy (non-hydrogen) atoms. The Kier molecular flexibility index (Phi) is 2.42. The summed E-state index contributed by atoms with van der Waals surface area (Å²) in [5.74, 6) is -0.0883. The Morgan fingerprint density at radius 3 is 3.06 bits per heavy atom. The van der Waals surface area contributed by atoms with Crippen molar-refractivity contribution in [2.24, 2.45) is 0 Å². The zero-order valence-electron chi connectivity index (χ0n) is 9.69. The highest BCUT2D eigenvalue weighted by Crippen LogP contribution is 2.32. The maximum atomic E-state index is 11.7. The van der Waals surface area contributed by atoms with E-state index in [-0.39, 0.29) is 12.0 Å². The van der Waals surface area contributed by atoms with Crippen LogP contribution in [-0.4, -0.2) is 25.2 Å². The number of hydrogen-bond donors (Lipinski definition) is 1. The SMILES string of the molecule is Nc1ccc2c(c1)CCCN2C1CCOC1=O. The standard InChI is InChI=1S/C13H16N2O2/c14-10-3-4-11-9(8-10)2-1-6-15(11)12-5-7-17-13(12)16/h3-4,8,12H,1-2,5-7,14H2. The number of carbonyl (C=O) groups excluding carboxylic acids is 1. The van der Waals surface area contributed by atoms with E-state index >= 15 is 0 Å². The van der Waals surface area contributed by atoms with E-state index in [1.165, 1.54) is 5.56 Å². The number of nitrogens with two attached hydrogens (primary N) is 1. The smallest absolute Gasteiger partial charge is 0.328 e. The molecule has 2 N–H and O–H groups in total. The maximum absolute atomic E-state index is 11.7. The van der Waals surface area contributed by atoms with Crippen LogP contribution in [0, 0.1) is 0 Å². The van der Waals surface area contributed by atoms with Gasteiger partial charge in [-0.15, -0.1) is 0 Å². The van der Waals surface area contributed by atoms with Gasteiger partial charge in [0.25, 0.3) is 0 Å². The molecule has 0 spiro atoms. The summed E-state index contributed by atoms with van der Waals surface area (Å²) in [5, 5.41) is 0. The van der Waals surface area contributed by atoms with Crippen LogP contribution in [0.5, 0.6) is 0 Å². The molecule has 2 aliphatic rings. The van der Waals surface area contributed by atoms with Crippen molar-refractivity contribution >= 4 is 17.3 Å². The van der Waals surface area contributed by atoms with Crippen LogP contribution in [0.15, 0.2) is 18.2 Å². The normalized spacial score (nSPS) is 23.4. The van der Waals surface area contributed by atoms with Crippen LogP contribution in [0.4, 0.5) is 11.4 Å². The molecule has 0 amide bonds. The van der Waals surface area contributed by atoms with Gasteiger partial charge in [0.1, 0.15) is 6.04 Å². The number of benzene rings is 1. The number of esters is 1. The molecule has 1 unspecified atom stereocenters. The van der Waals surface area contributed by atoms with Gasteiger partial charge in [0, 0.05) is 24.3 Å². The number of rotatable bonds is 1. The Bertz CT molecular complexity index is 459. The molecular formula is C13H16N2O2. The minimum Gasteiger partial charge on any atom is -0.464 e. The fourth-order valence-electron chi connectivity index (χ4n) is 2.74. The second kappa shape index (κ2) is 3.95. The van der Waals surface area contributed by atoms with E-state index in [9.17, 15) is 4.79 Å². The van der Waals surface area contributed by atoms with E-state index in [0.717, 1.165) is 37.2 Å². The van der Waals surface area contributed by atoms with Gasteiger partial charge in [-0.2, -0.15) is 0 Å². The first-order chi connectivity index (χ1) is 8.25. The van der Waals surface area contributed by atoms with E-state index in [0.29, 0.717) is 6.61 Å². The lowest BCUT2D eigenvalue weighted by Gasteiger charge is -2.34. The summed E-state index contributed by atoms with van der Waals surface area (Å²) in [6.07, 6.45) is 2.90. The Balaban J connectivity index is 1.96. The number of nitrogens with zero attached hydrogens (tertiary/aromatic N) is 1. The van der Waals surface area contributed by atoms with Crippen LogP contribution in [0.1, 0.15) is 18.4 Å². The minimum absolute atomic E-state index is 0.0883. The van der Waals surface area contributed by atoms with Crippen molar-refractivity contribution in [2.75, 3.05) is 23.8 Å². The van der Waals surface area contributed by atoms with Crippen molar-refractivity contribution in [1.82, 2.24) is 0 Å². The lowest BCUT2D eigenvalue weighted by atomic mass is 9.99. The highest BCUT2D eigenvalue weighted by molar-refractivity contribution is 5.82. The van der Waals surface area contributed by atoms with Gasteiger partial charge in [0.15, 0.2) is 0 Å². The number of fused-ring (bicyclic) bond motifs is 1. The van der Waals surface area contributed by atoms with Crippen LogP contribution in [0.25, 0.3) is 0 Å². The number of cyclic esters (lactones) is 1. The van der Waals surface area contributed by atoms with Crippen LogP contribution >= 0.6 is 0 Å². The Hall–Kier alpha value is -1.71. The third-order valence-electron chi connectivity index (χ3n) is 3.54. The van der Waals surface area contributed by atoms with Crippen LogP contribution in [-0.2, 0) is 16.0 Å². The molecule has 4 nitrogen and oxygen atoms in total. The zero-order valence-corrected chi connectivity index (χ0v) is 9.69. The molecule has 0 aromatic heterocycles. The molecule has 90 valence electrons. The lowest BCUT2D eigenvalue weighted by molar-refractivity contribution is -0.139. The van der Waals surface area contributed by atoms with Gasteiger partial charge in [-0.3, -0.25) is 0 Å². The summed E-state index contributed by atoms with van der Waals surface area (Å²) in [5.41, 5.74) is 8.98. The summed E-state index contributed by atoms with van der Waals surface area (Å²) in [6, 6.07) is 5.84. The van der Waals surface area contributed by atoms with Crippen LogP contribution < -0.4 is 10.6 Å². The number of carbonyl (C=O) groups is 1. The average molecular weight is 232 g/mol. The van der Waals surface area contributed by atoms with Crippen molar-refractivity contribution in [3.63, 3.8) is 0 Å². The third kappa shape index (κ3) is 1.73. The first-order valence-corrected chi connectivity index (χ1v) is 6.07. The van der Waals surface area contributed by atoms with E-state index in [2.05, 4.69) is 4.90 Å². The van der Waals surface area contributed by atoms with Gasteiger partial charge >= 0.3 is 5.97 Å². The molecule has 0 saturated carbocycles. The predicted molar refractivity (Wildman–Crippen MR) is 65.9 cm³/mol. The lowest BCUT2D eigenvalue weighted by Crippen LogP contribution is -2.41. The third-order valence-corrected chi connectivity index (χ3v) is 3.54. The number of aryl methyl sites for hydroxylation is 1. The summed E-state index contributed by atoms with van der Waals surface area (Å²) in [4.78, 5) is 13.8. The molecule has 4 heteroatoms. The van der Waals surface area contributed by atoms with Crippen molar-refractivity contribution in [2.45, 2.75) is 25.3 Å². The topological polar surface area (TPSA) is 55.6 Å². The van der Waals surface area contributed by atoms with E-state index in [4.69, 9.17) is 10.5 Å². The van der Waals surface area contributed by atoms with Gasteiger partial charge < -0.3 is 15.4 Å². The summed E-state index contributed by atoms with van der Waals surface area (Å²) in [7, 11) is 0. The highest BCUT2D eigenvalue weighted by Gasteiger charge is 2.34. The molecule has 2 heterocycles. The monoisotopic (exact) mass is 232 g/mol.